The molecule has 1 amide bonds. The van der Waals surface area contributed by atoms with E-state index in [0.717, 1.165) is 18.4 Å². The molecule has 1 aliphatic rings. The molecule has 0 bridgehead atoms. The van der Waals surface area contributed by atoms with Crippen LogP contribution in [0.3, 0.4) is 0 Å². The highest BCUT2D eigenvalue weighted by Crippen LogP contribution is 2.27. The van der Waals surface area contributed by atoms with Gasteiger partial charge in [-0.3, -0.25) is 4.79 Å². The molecular formula is C15H21ClF2N2O2. The molecule has 1 saturated carbocycles. The Morgan fingerprint density at radius 3 is 2.68 bits per heavy atom. The van der Waals surface area contributed by atoms with Crippen molar-refractivity contribution in [2.24, 2.45) is 5.73 Å². The first-order valence-corrected chi connectivity index (χ1v) is 7.07. The van der Waals surface area contributed by atoms with Crippen molar-refractivity contribution in [2.45, 2.75) is 44.2 Å². The molecule has 22 heavy (non-hydrogen) atoms. The van der Waals surface area contributed by atoms with Crippen LogP contribution in [0.4, 0.5) is 8.78 Å². The fourth-order valence-corrected chi connectivity index (χ4v) is 2.50. The fraction of sp³-hybridized carbons (Fsp3) is 0.533. The summed E-state index contributed by atoms with van der Waals surface area (Å²) in [5, 5.41) is 2.81. The fourth-order valence-electron chi connectivity index (χ4n) is 2.50. The topological polar surface area (TPSA) is 64.4 Å². The second-order valence-corrected chi connectivity index (χ2v) is 5.40. The third kappa shape index (κ3) is 5.10. The van der Waals surface area contributed by atoms with Crippen molar-refractivity contribution in [3.63, 3.8) is 0 Å². The minimum absolute atomic E-state index is 0. The van der Waals surface area contributed by atoms with Gasteiger partial charge in [-0.05, 0) is 30.5 Å². The summed E-state index contributed by atoms with van der Waals surface area (Å²) in [6.45, 7) is -0.328. The summed E-state index contributed by atoms with van der Waals surface area (Å²) in [6, 6.07) is 6.75. The lowest BCUT2D eigenvalue weighted by Gasteiger charge is -2.22. The molecule has 7 heteroatoms. The number of hydrogen-bond acceptors (Lipinski definition) is 3. The Balaban J connectivity index is 0.00000242. The highest BCUT2D eigenvalue weighted by molar-refractivity contribution is 5.86. The van der Waals surface area contributed by atoms with Crippen molar-refractivity contribution in [3.05, 3.63) is 29.8 Å². The van der Waals surface area contributed by atoms with E-state index in [1.807, 2.05) is 0 Å². The van der Waals surface area contributed by atoms with Crippen LogP contribution in [0, 0.1) is 0 Å². The van der Waals surface area contributed by atoms with Crippen molar-refractivity contribution >= 4 is 18.3 Å². The van der Waals surface area contributed by atoms with Crippen LogP contribution in [0.2, 0.25) is 0 Å². The number of rotatable bonds is 6. The average molecular weight is 335 g/mol. The highest BCUT2D eigenvalue weighted by Gasteiger charge is 2.36. The first-order valence-electron chi connectivity index (χ1n) is 7.07. The van der Waals surface area contributed by atoms with Gasteiger partial charge in [0.25, 0.3) is 6.43 Å². The van der Waals surface area contributed by atoms with Crippen LogP contribution >= 0.6 is 12.4 Å². The zero-order valence-electron chi connectivity index (χ0n) is 12.2. The number of benzene rings is 1. The molecule has 124 valence electrons. The maximum absolute atomic E-state index is 12.1. The van der Waals surface area contributed by atoms with E-state index in [1.165, 1.54) is 0 Å². The van der Waals surface area contributed by atoms with Crippen LogP contribution in [-0.4, -0.2) is 24.5 Å². The number of nitrogens with two attached hydrogens (primary N) is 1. The largest absolute Gasteiger partial charge is 0.488 e. The van der Waals surface area contributed by atoms with E-state index >= 15 is 0 Å². The summed E-state index contributed by atoms with van der Waals surface area (Å²) in [6.07, 6.45) is 0.849. The second-order valence-electron chi connectivity index (χ2n) is 5.40. The summed E-state index contributed by atoms with van der Waals surface area (Å²) in [5.41, 5.74) is 6.09. The highest BCUT2D eigenvalue weighted by atomic mass is 35.5. The molecule has 2 rings (SSSR count). The Bertz CT molecular complexity index is 494. The van der Waals surface area contributed by atoms with Gasteiger partial charge in [-0.25, -0.2) is 8.78 Å². The van der Waals surface area contributed by atoms with E-state index in [9.17, 15) is 13.6 Å². The minimum Gasteiger partial charge on any atom is -0.488 e. The average Bonchev–Trinajstić information content (AvgIpc) is 2.91. The lowest BCUT2D eigenvalue weighted by Crippen LogP contribution is -2.51. The molecule has 0 aromatic heterocycles. The lowest BCUT2D eigenvalue weighted by atomic mass is 9.98. The number of halogens is 3. The van der Waals surface area contributed by atoms with Crippen molar-refractivity contribution in [2.75, 3.05) is 6.61 Å². The van der Waals surface area contributed by atoms with Crippen LogP contribution in [-0.2, 0) is 11.3 Å². The molecular weight excluding hydrogens is 314 g/mol. The molecule has 0 unspecified atom stereocenters. The van der Waals surface area contributed by atoms with Gasteiger partial charge in [-0.15, -0.1) is 12.4 Å². The third-order valence-corrected chi connectivity index (χ3v) is 3.68. The number of hydrogen-bond donors (Lipinski definition) is 2. The van der Waals surface area contributed by atoms with E-state index in [0.29, 0.717) is 25.1 Å². The summed E-state index contributed by atoms with van der Waals surface area (Å²) in [5.74, 6) is 0.212. The van der Waals surface area contributed by atoms with Gasteiger partial charge in [0.2, 0.25) is 5.91 Å². The predicted molar refractivity (Wildman–Crippen MR) is 82.4 cm³/mol. The first-order chi connectivity index (χ1) is 9.99. The van der Waals surface area contributed by atoms with Gasteiger partial charge in [0.05, 0.1) is 5.54 Å². The molecule has 4 nitrogen and oxygen atoms in total. The molecule has 1 fully saturated rings. The quantitative estimate of drug-likeness (QED) is 0.840. The Hall–Kier alpha value is -1.40. The van der Waals surface area contributed by atoms with Crippen LogP contribution in [0.25, 0.3) is 0 Å². The number of nitrogens with one attached hydrogen (secondary N) is 1. The molecule has 0 saturated heterocycles. The van der Waals surface area contributed by atoms with E-state index < -0.39 is 18.6 Å². The normalized spacial score (nSPS) is 16.2. The third-order valence-electron chi connectivity index (χ3n) is 3.68. The van der Waals surface area contributed by atoms with Crippen LogP contribution in [0.5, 0.6) is 5.75 Å². The minimum atomic E-state index is -2.51. The monoisotopic (exact) mass is 334 g/mol. The Morgan fingerprint density at radius 1 is 1.36 bits per heavy atom. The summed E-state index contributed by atoms with van der Waals surface area (Å²) in [4.78, 5) is 12.1. The van der Waals surface area contributed by atoms with Crippen LogP contribution < -0.4 is 15.8 Å². The van der Waals surface area contributed by atoms with Crippen molar-refractivity contribution < 1.29 is 18.3 Å². The molecule has 1 aromatic carbocycles. The molecule has 3 N–H and O–H groups in total. The van der Waals surface area contributed by atoms with Gasteiger partial charge in [0, 0.05) is 6.54 Å². The molecule has 0 spiro atoms. The van der Waals surface area contributed by atoms with E-state index in [1.54, 1.807) is 24.3 Å². The van der Waals surface area contributed by atoms with Gasteiger partial charge in [0.15, 0.2) is 0 Å². The van der Waals surface area contributed by atoms with Crippen molar-refractivity contribution in [1.82, 2.24) is 5.32 Å². The van der Waals surface area contributed by atoms with Gasteiger partial charge in [-0.2, -0.15) is 0 Å². The molecule has 0 heterocycles. The van der Waals surface area contributed by atoms with E-state index in [-0.39, 0.29) is 18.3 Å². The Morgan fingerprint density at radius 2 is 2.05 bits per heavy atom. The predicted octanol–water partition coefficient (Wildman–Crippen LogP) is 2.64. The van der Waals surface area contributed by atoms with Crippen molar-refractivity contribution in [3.8, 4) is 5.75 Å². The number of carbonyl (C=O) groups is 1. The molecule has 0 radical (unpaired) electrons. The SMILES string of the molecule is Cl.NC1(C(=O)NCc2cccc(OCC(F)F)c2)CCCC1. The molecule has 1 aromatic rings. The maximum atomic E-state index is 12.1. The van der Waals surface area contributed by atoms with Gasteiger partial charge >= 0.3 is 0 Å². The zero-order chi connectivity index (χ0) is 15.3. The van der Waals surface area contributed by atoms with E-state index in [4.69, 9.17) is 10.5 Å². The summed E-state index contributed by atoms with van der Waals surface area (Å²) >= 11 is 0. The Labute approximate surface area is 134 Å². The number of carbonyl (C=O) groups excluding carboxylic acids is 1. The number of amides is 1. The van der Waals surface area contributed by atoms with Crippen LogP contribution in [0.15, 0.2) is 24.3 Å². The second kappa shape index (κ2) is 8.29. The number of alkyl halides is 2. The van der Waals surface area contributed by atoms with Gasteiger partial charge in [0.1, 0.15) is 12.4 Å². The molecule has 0 atom stereocenters. The smallest absolute Gasteiger partial charge is 0.272 e. The lowest BCUT2D eigenvalue weighted by molar-refractivity contribution is -0.126. The first kappa shape index (κ1) is 18.6. The summed E-state index contributed by atoms with van der Waals surface area (Å²) < 4.78 is 29.1. The van der Waals surface area contributed by atoms with Gasteiger partial charge in [-0.1, -0.05) is 25.0 Å². The maximum Gasteiger partial charge on any atom is 0.272 e. The molecule has 0 aliphatic heterocycles. The van der Waals surface area contributed by atoms with Gasteiger partial charge < -0.3 is 15.8 Å². The van der Waals surface area contributed by atoms with Crippen LogP contribution in [0.1, 0.15) is 31.2 Å². The summed E-state index contributed by atoms with van der Waals surface area (Å²) in [7, 11) is 0. The number of ether oxygens (including phenoxy) is 1. The van der Waals surface area contributed by atoms with E-state index in [2.05, 4.69) is 5.32 Å². The molecule has 1 aliphatic carbocycles. The standard InChI is InChI=1S/C15H20F2N2O2.ClH/c16-13(17)10-21-12-5-3-4-11(8-12)9-19-14(20)15(18)6-1-2-7-15;/h3-5,8,13H,1-2,6-7,9-10,18H2,(H,19,20);1H. The Kier molecular flexibility index (Phi) is 7.03. The van der Waals surface area contributed by atoms with Crippen molar-refractivity contribution in [1.29, 1.82) is 0 Å². The zero-order valence-corrected chi connectivity index (χ0v) is 13.0.